The first kappa shape index (κ1) is 20.3. The molecule has 152 valence electrons. The summed E-state index contributed by atoms with van der Waals surface area (Å²) < 4.78 is 12.4. The Labute approximate surface area is 183 Å². The van der Waals surface area contributed by atoms with Gasteiger partial charge in [0.1, 0.15) is 11.9 Å². The van der Waals surface area contributed by atoms with Crippen LogP contribution >= 0.6 is 34.7 Å². The van der Waals surface area contributed by atoms with E-state index in [4.69, 9.17) is 21.1 Å². The lowest BCUT2D eigenvalue weighted by Crippen LogP contribution is -2.42. The van der Waals surface area contributed by atoms with E-state index in [1.807, 2.05) is 47.4 Å². The molecular formula is C21H21ClN2O3S2. The third-order valence-corrected chi connectivity index (χ3v) is 6.97. The number of halogens is 1. The van der Waals surface area contributed by atoms with Gasteiger partial charge >= 0.3 is 0 Å². The van der Waals surface area contributed by atoms with Gasteiger partial charge in [0.25, 0.3) is 5.19 Å². The highest BCUT2D eigenvalue weighted by Crippen LogP contribution is 2.32. The lowest BCUT2D eigenvalue weighted by Gasteiger charge is -2.31. The van der Waals surface area contributed by atoms with Crippen molar-refractivity contribution < 1.29 is 14.3 Å². The Bertz CT molecular complexity index is 985. The summed E-state index contributed by atoms with van der Waals surface area (Å²) >= 11 is 8.97. The third kappa shape index (κ3) is 5.15. The molecular weight excluding hydrogens is 428 g/mol. The predicted octanol–water partition coefficient (Wildman–Crippen LogP) is 5.12. The van der Waals surface area contributed by atoms with E-state index in [9.17, 15) is 4.79 Å². The van der Waals surface area contributed by atoms with Crippen LogP contribution in [0.2, 0.25) is 5.02 Å². The molecule has 8 heteroatoms. The number of likely N-dealkylation sites (tertiary alicyclic amines) is 1. The predicted molar refractivity (Wildman–Crippen MR) is 119 cm³/mol. The van der Waals surface area contributed by atoms with Gasteiger partial charge in [-0.3, -0.25) is 4.79 Å². The number of fused-ring (bicyclic) bond motifs is 1. The highest BCUT2D eigenvalue weighted by atomic mass is 35.5. The lowest BCUT2D eigenvalue weighted by molar-refractivity contribution is -0.130. The van der Waals surface area contributed by atoms with Crippen molar-refractivity contribution in [3.63, 3.8) is 0 Å². The standard InChI is InChI=1S/C21H21ClN2O3S2/c1-26-16-4-7-18-19(12-16)29-21(23-18)27-15-8-10-24(11-9-15)20(25)13-28-17-5-2-14(22)3-6-17/h2-7,12,15H,8-11,13H2,1H3. The van der Waals surface area contributed by atoms with Crippen LogP contribution in [0.1, 0.15) is 12.8 Å². The van der Waals surface area contributed by atoms with Gasteiger partial charge in [-0.15, -0.1) is 11.8 Å². The first-order valence-electron chi connectivity index (χ1n) is 9.38. The number of carbonyl (C=O) groups is 1. The van der Waals surface area contributed by atoms with E-state index in [0.717, 1.165) is 33.7 Å². The average molecular weight is 449 g/mol. The summed E-state index contributed by atoms with van der Waals surface area (Å²) in [7, 11) is 1.66. The molecule has 1 aromatic heterocycles. The van der Waals surface area contributed by atoms with Gasteiger partial charge < -0.3 is 14.4 Å². The molecule has 0 N–H and O–H groups in total. The van der Waals surface area contributed by atoms with Gasteiger partial charge in [0.15, 0.2) is 0 Å². The minimum Gasteiger partial charge on any atom is -0.497 e. The quantitative estimate of drug-likeness (QED) is 0.490. The SMILES string of the molecule is COc1ccc2nc(OC3CCN(C(=O)CSc4ccc(Cl)cc4)CC3)sc2c1. The van der Waals surface area contributed by atoms with Crippen molar-refractivity contribution in [2.45, 2.75) is 23.8 Å². The van der Waals surface area contributed by atoms with E-state index >= 15 is 0 Å². The van der Waals surface area contributed by atoms with Crippen LogP contribution in [0.15, 0.2) is 47.4 Å². The van der Waals surface area contributed by atoms with Crippen LogP contribution in [0, 0.1) is 0 Å². The maximum Gasteiger partial charge on any atom is 0.274 e. The van der Waals surface area contributed by atoms with Crippen molar-refractivity contribution in [1.29, 1.82) is 0 Å². The molecule has 2 heterocycles. The number of thioether (sulfide) groups is 1. The summed E-state index contributed by atoms with van der Waals surface area (Å²) in [5.74, 6) is 1.42. The highest BCUT2D eigenvalue weighted by Gasteiger charge is 2.24. The molecule has 0 aliphatic carbocycles. The van der Waals surface area contributed by atoms with Gasteiger partial charge in [-0.1, -0.05) is 22.9 Å². The van der Waals surface area contributed by atoms with Crippen molar-refractivity contribution in [2.24, 2.45) is 0 Å². The zero-order valence-corrected chi connectivity index (χ0v) is 18.4. The van der Waals surface area contributed by atoms with E-state index in [2.05, 4.69) is 4.98 Å². The first-order valence-corrected chi connectivity index (χ1v) is 11.6. The van der Waals surface area contributed by atoms with Crippen molar-refractivity contribution in [2.75, 3.05) is 26.0 Å². The van der Waals surface area contributed by atoms with Crippen molar-refractivity contribution in [1.82, 2.24) is 9.88 Å². The molecule has 0 bridgehead atoms. The molecule has 29 heavy (non-hydrogen) atoms. The Balaban J connectivity index is 1.26. The Kier molecular flexibility index (Phi) is 6.47. The summed E-state index contributed by atoms with van der Waals surface area (Å²) in [5, 5.41) is 1.38. The largest absolute Gasteiger partial charge is 0.497 e. The number of benzene rings is 2. The number of amides is 1. The summed E-state index contributed by atoms with van der Waals surface area (Å²) in [6.07, 6.45) is 1.72. The lowest BCUT2D eigenvalue weighted by atomic mass is 10.1. The van der Waals surface area contributed by atoms with Crippen LogP contribution < -0.4 is 9.47 Å². The minimum atomic E-state index is 0.0884. The zero-order valence-electron chi connectivity index (χ0n) is 16.0. The number of hydrogen-bond donors (Lipinski definition) is 0. The minimum absolute atomic E-state index is 0.0884. The molecule has 1 amide bonds. The van der Waals surface area contributed by atoms with Crippen molar-refractivity contribution in [3.05, 3.63) is 47.5 Å². The fourth-order valence-electron chi connectivity index (χ4n) is 3.19. The first-order chi connectivity index (χ1) is 14.1. The zero-order chi connectivity index (χ0) is 20.2. The van der Waals surface area contributed by atoms with E-state index in [1.54, 1.807) is 7.11 Å². The molecule has 2 aromatic carbocycles. The fourth-order valence-corrected chi connectivity index (χ4v) is 5.03. The van der Waals surface area contributed by atoms with Gasteiger partial charge in [0.05, 0.1) is 23.1 Å². The Morgan fingerprint density at radius 2 is 2.00 bits per heavy atom. The molecule has 0 atom stereocenters. The topological polar surface area (TPSA) is 51.7 Å². The number of piperidine rings is 1. The van der Waals surface area contributed by atoms with Crippen molar-refractivity contribution >= 4 is 50.8 Å². The molecule has 1 saturated heterocycles. The van der Waals surface area contributed by atoms with E-state index in [1.165, 1.54) is 23.1 Å². The highest BCUT2D eigenvalue weighted by molar-refractivity contribution is 8.00. The summed E-state index contributed by atoms with van der Waals surface area (Å²) in [6.45, 7) is 1.42. The Morgan fingerprint density at radius 3 is 2.72 bits per heavy atom. The van der Waals surface area contributed by atoms with Gasteiger partial charge in [0.2, 0.25) is 5.91 Å². The van der Waals surface area contributed by atoms with Crippen LogP contribution in [-0.2, 0) is 4.79 Å². The van der Waals surface area contributed by atoms with Crippen LogP contribution in [-0.4, -0.2) is 47.8 Å². The molecule has 0 unspecified atom stereocenters. The van der Waals surface area contributed by atoms with Crippen LogP contribution in [0.5, 0.6) is 10.9 Å². The average Bonchev–Trinajstić information content (AvgIpc) is 3.15. The molecule has 0 radical (unpaired) electrons. The number of hydrogen-bond acceptors (Lipinski definition) is 6. The van der Waals surface area contributed by atoms with E-state index in [-0.39, 0.29) is 12.0 Å². The van der Waals surface area contributed by atoms with E-state index < -0.39 is 0 Å². The molecule has 0 spiro atoms. The van der Waals surface area contributed by atoms with Gasteiger partial charge in [-0.05, 0) is 42.5 Å². The monoisotopic (exact) mass is 448 g/mol. The fraction of sp³-hybridized carbons (Fsp3) is 0.333. The summed E-state index contributed by atoms with van der Waals surface area (Å²) in [4.78, 5) is 20.0. The maximum absolute atomic E-state index is 12.5. The molecule has 3 aromatic rings. The Hall–Kier alpha value is -1.96. The molecule has 5 nitrogen and oxygen atoms in total. The maximum atomic E-state index is 12.5. The number of rotatable bonds is 6. The smallest absolute Gasteiger partial charge is 0.274 e. The number of nitrogens with zero attached hydrogens (tertiary/aromatic N) is 2. The number of carbonyl (C=O) groups excluding carboxylic acids is 1. The molecule has 4 rings (SSSR count). The second kappa shape index (κ2) is 9.24. The molecule has 1 fully saturated rings. The normalized spacial score (nSPS) is 14.9. The number of thiazole rings is 1. The number of methoxy groups -OCH3 is 1. The van der Waals surface area contributed by atoms with E-state index in [0.29, 0.717) is 29.1 Å². The van der Waals surface area contributed by atoms with Crippen LogP contribution in [0.3, 0.4) is 0 Å². The van der Waals surface area contributed by atoms with Crippen LogP contribution in [0.25, 0.3) is 10.2 Å². The number of aromatic nitrogens is 1. The molecule has 1 aliphatic heterocycles. The molecule has 0 saturated carbocycles. The van der Waals surface area contributed by atoms with Gasteiger partial charge in [-0.25, -0.2) is 4.98 Å². The Morgan fingerprint density at radius 1 is 1.24 bits per heavy atom. The number of ether oxygens (including phenoxy) is 2. The van der Waals surface area contributed by atoms with Crippen molar-refractivity contribution in [3.8, 4) is 10.9 Å². The van der Waals surface area contributed by atoms with Gasteiger partial charge in [0, 0.05) is 35.8 Å². The third-order valence-electron chi connectivity index (χ3n) is 4.81. The van der Waals surface area contributed by atoms with Crippen LogP contribution in [0.4, 0.5) is 0 Å². The summed E-state index contributed by atoms with van der Waals surface area (Å²) in [5.41, 5.74) is 0.914. The molecule has 1 aliphatic rings. The summed E-state index contributed by atoms with van der Waals surface area (Å²) in [6, 6.07) is 13.4. The second-order valence-corrected chi connectivity index (χ2v) is 9.23. The van der Waals surface area contributed by atoms with Gasteiger partial charge in [-0.2, -0.15) is 0 Å². The second-order valence-electron chi connectivity index (χ2n) is 6.75.